The van der Waals surface area contributed by atoms with Gasteiger partial charge >= 0.3 is 12.1 Å². The standard InChI is InChI=1S/C13H13N3O4S/c1-2-5-20-13(19)16-10(11(17)18)7-3-4-8-9(6-7)21-12(14)15-8/h2-4,6,10H,1,5H2,(H2,14,15)(H,16,19)(H,17,18). The van der Waals surface area contributed by atoms with Crippen molar-refractivity contribution < 1.29 is 19.4 Å². The Hall–Kier alpha value is -2.61. The van der Waals surface area contributed by atoms with E-state index in [0.29, 0.717) is 16.2 Å². The SMILES string of the molecule is C=CCOC(=O)NC(C(=O)O)c1ccc2nc(N)sc2c1. The Kier molecular flexibility index (Phi) is 4.39. The van der Waals surface area contributed by atoms with Crippen LogP contribution in [0.1, 0.15) is 11.6 Å². The molecule has 0 bridgehead atoms. The summed E-state index contributed by atoms with van der Waals surface area (Å²) in [6.07, 6.45) is 0.563. The lowest BCUT2D eigenvalue weighted by Crippen LogP contribution is -2.34. The zero-order chi connectivity index (χ0) is 15.4. The third kappa shape index (κ3) is 3.48. The number of thiazole rings is 1. The topological polar surface area (TPSA) is 115 Å². The van der Waals surface area contributed by atoms with Crippen LogP contribution in [0.3, 0.4) is 0 Å². The molecule has 1 heterocycles. The molecule has 1 unspecified atom stereocenters. The van der Waals surface area contributed by atoms with Gasteiger partial charge in [-0.15, -0.1) is 0 Å². The molecule has 0 aliphatic carbocycles. The second kappa shape index (κ2) is 6.23. The van der Waals surface area contributed by atoms with Crippen molar-refractivity contribution >= 4 is 38.7 Å². The maximum Gasteiger partial charge on any atom is 0.408 e. The fourth-order valence-corrected chi connectivity index (χ4v) is 2.50. The van der Waals surface area contributed by atoms with Crippen molar-refractivity contribution in [3.05, 3.63) is 36.4 Å². The first kappa shape index (κ1) is 14.8. The number of ether oxygens (including phenoxy) is 1. The van der Waals surface area contributed by atoms with Crippen LogP contribution in [0.25, 0.3) is 10.2 Å². The van der Waals surface area contributed by atoms with Crippen LogP contribution in [0, 0.1) is 0 Å². The first-order valence-electron chi connectivity index (χ1n) is 5.94. The summed E-state index contributed by atoms with van der Waals surface area (Å²) in [6.45, 7) is 3.41. The summed E-state index contributed by atoms with van der Waals surface area (Å²) in [5.41, 5.74) is 6.70. The number of aromatic nitrogens is 1. The summed E-state index contributed by atoms with van der Waals surface area (Å²) in [4.78, 5) is 26.9. The van der Waals surface area contributed by atoms with E-state index in [4.69, 9.17) is 10.5 Å². The molecule has 2 aromatic rings. The number of rotatable bonds is 5. The van der Waals surface area contributed by atoms with Crippen LogP contribution in [0.5, 0.6) is 0 Å². The Balaban J connectivity index is 2.25. The van der Waals surface area contributed by atoms with E-state index >= 15 is 0 Å². The first-order valence-corrected chi connectivity index (χ1v) is 6.76. The van der Waals surface area contributed by atoms with Crippen LogP contribution in [0.15, 0.2) is 30.9 Å². The summed E-state index contributed by atoms with van der Waals surface area (Å²) in [7, 11) is 0. The van der Waals surface area contributed by atoms with Gasteiger partial charge < -0.3 is 20.9 Å². The number of carboxylic acids is 1. The number of carboxylic acid groups (broad SMARTS) is 1. The number of anilines is 1. The van der Waals surface area contributed by atoms with Crippen molar-refractivity contribution in [3.63, 3.8) is 0 Å². The Labute approximate surface area is 124 Å². The molecule has 0 radical (unpaired) electrons. The number of hydrogen-bond donors (Lipinski definition) is 3. The molecule has 1 atom stereocenters. The predicted molar refractivity (Wildman–Crippen MR) is 79.1 cm³/mol. The monoisotopic (exact) mass is 307 g/mol. The van der Waals surface area contributed by atoms with Gasteiger partial charge in [0.1, 0.15) is 6.61 Å². The van der Waals surface area contributed by atoms with Crippen molar-refractivity contribution in [3.8, 4) is 0 Å². The van der Waals surface area contributed by atoms with Crippen molar-refractivity contribution in [1.29, 1.82) is 0 Å². The second-order valence-corrected chi connectivity index (χ2v) is 5.14. The lowest BCUT2D eigenvalue weighted by molar-refractivity contribution is -0.139. The normalized spacial score (nSPS) is 11.8. The van der Waals surface area contributed by atoms with E-state index < -0.39 is 18.1 Å². The number of amides is 1. The van der Waals surface area contributed by atoms with E-state index in [1.165, 1.54) is 17.4 Å². The zero-order valence-corrected chi connectivity index (χ0v) is 11.7. The first-order chi connectivity index (χ1) is 10.0. The third-order valence-electron chi connectivity index (χ3n) is 2.60. The van der Waals surface area contributed by atoms with Gasteiger partial charge in [0.15, 0.2) is 11.2 Å². The van der Waals surface area contributed by atoms with E-state index in [2.05, 4.69) is 16.9 Å². The molecule has 1 aromatic heterocycles. The van der Waals surface area contributed by atoms with Crippen molar-refractivity contribution in [1.82, 2.24) is 10.3 Å². The van der Waals surface area contributed by atoms with Gasteiger partial charge in [0, 0.05) is 0 Å². The number of nitrogens with one attached hydrogen (secondary N) is 1. The molecule has 2 rings (SSSR count). The van der Waals surface area contributed by atoms with E-state index in [1.807, 2.05) is 0 Å². The van der Waals surface area contributed by atoms with Crippen LogP contribution in [0.2, 0.25) is 0 Å². The summed E-state index contributed by atoms with van der Waals surface area (Å²) in [5, 5.41) is 11.9. The Morgan fingerprint density at radius 3 is 3.00 bits per heavy atom. The molecule has 8 heteroatoms. The highest BCUT2D eigenvalue weighted by atomic mass is 32.1. The molecule has 0 spiro atoms. The number of carbonyl (C=O) groups excluding carboxylic acids is 1. The molecule has 7 nitrogen and oxygen atoms in total. The van der Waals surface area contributed by atoms with E-state index in [-0.39, 0.29) is 6.61 Å². The minimum Gasteiger partial charge on any atom is -0.479 e. The molecule has 1 aromatic carbocycles. The lowest BCUT2D eigenvalue weighted by Gasteiger charge is -2.14. The Morgan fingerprint density at radius 2 is 2.33 bits per heavy atom. The second-order valence-electron chi connectivity index (χ2n) is 4.08. The van der Waals surface area contributed by atoms with Gasteiger partial charge in [0.2, 0.25) is 0 Å². The van der Waals surface area contributed by atoms with Crippen molar-refractivity contribution in [2.45, 2.75) is 6.04 Å². The number of nitrogens with zero attached hydrogens (tertiary/aromatic N) is 1. The smallest absolute Gasteiger partial charge is 0.408 e. The Morgan fingerprint density at radius 1 is 1.57 bits per heavy atom. The minimum absolute atomic E-state index is 0.00257. The number of benzene rings is 1. The fourth-order valence-electron chi connectivity index (χ4n) is 1.72. The number of hydrogen-bond acceptors (Lipinski definition) is 6. The average molecular weight is 307 g/mol. The van der Waals surface area contributed by atoms with Gasteiger partial charge in [-0.25, -0.2) is 14.6 Å². The molecule has 0 saturated carbocycles. The highest BCUT2D eigenvalue weighted by molar-refractivity contribution is 7.22. The highest BCUT2D eigenvalue weighted by Crippen LogP contribution is 2.27. The van der Waals surface area contributed by atoms with Crippen LogP contribution < -0.4 is 11.1 Å². The van der Waals surface area contributed by atoms with E-state index in [9.17, 15) is 14.7 Å². The molecule has 0 aliphatic heterocycles. The maximum atomic E-state index is 11.5. The number of aliphatic carboxylic acids is 1. The van der Waals surface area contributed by atoms with Crippen molar-refractivity contribution in [2.24, 2.45) is 0 Å². The van der Waals surface area contributed by atoms with Gasteiger partial charge in [-0.1, -0.05) is 30.1 Å². The van der Waals surface area contributed by atoms with Gasteiger partial charge in [-0.05, 0) is 17.7 Å². The number of nitrogens with two attached hydrogens (primary N) is 1. The van der Waals surface area contributed by atoms with Gasteiger partial charge in [-0.2, -0.15) is 0 Å². The average Bonchev–Trinajstić information content (AvgIpc) is 2.81. The summed E-state index contributed by atoms with van der Waals surface area (Å²) in [6, 6.07) is 3.66. The van der Waals surface area contributed by atoms with Gasteiger partial charge in [0.25, 0.3) is 0 Å². The lowest BCUT2D eigenvalue weighted by atomic mass is 10.1. The summed E-state index contributed by atoms with van der Waals surface area (Å²) < 4.78 is 5.47. The van der Waals surface area contributed by atoms with Crippen molar-refractivity contribution in [2.75, 3.05) is 12.3 Å². The third-order valence-corrected chi connectivity index (χ3v) is 3.45. The maximum absolute atomic E-state index is 11.5. The molecule has 0 fully saturated rings. The molecule has 0 saturated heterocycles. The quantitative estimate of drug-likeness (QED) is 0.727. The highest BCUT2D eigenvalue weighted by Gasteiger charge is 2.23. The summed E-state index contributed by atoms with van der Waals surface area (Å²) in [5.74, 6) is -1.19. The minimum atomic E-state index is -1.21. The van der Waals surface area contributed by atoms with E-state index in [1.54, 1.807) is 18.2 Å². The molecule has 110 valence electrons. The van der Waals surface area contributed by atoms with Crippen LogP contribution in [0.4, 0.5) is 9.93 Å². The van der Waals surface area contributed by atoms with Gasteiger partial charge in [0.05, 0.1) is 10.2 Å². The largest absolute Gasteiger partial charge is 0.479 e. The molecule has 21 heavy (non-hydrogen) atoms. The molecular formula is C13H13N3O4S. The molecule has 4 N–H and O–H groups in total. The zero-order valence-electron chi connectivity index (χ0n) is 10.9. The number of fused-ring (bicyclic) bond motifs is 1. The van der Waals surface area contributed by atoms with Crippen LogP contribution in [-0.2, 0) is 9.53 Å². The fraction of sp³-hybridized carbons (Fsp3) is 0.154. The van der Waals surface area contributed by atoms with E-state index in [0.717, 1.165) is 4.70 Å². The van der Waals surface area contributed by atoms with Gasteiger partial charge in [-0.3, -0.25) is 0 Å². The van der Waals surface area contributed by atoms with Crippen LogP contribution >= 0.6 is 11.3 Å². The predicted octanol–water partition coefficient (Wildman–Crippen LogP) is 1.92. The molecular weight excluding hydrogens is 294 g/mol. The molecule has 0 aliphatic rings. The summed E-state index contributed by atoms with van der Waals surface area (Å²) >= 11 is 1.24. The Bertz CT molecular complexity index is 698. The number of carbonyl (C=O) groups is 2. The number of alkyl carbamates (subject to hydrolysis) is 1. The van der Waals surface area contributed by atoms with Crippen LogP contribution in [-0.4, -0.2) is 28.8 Å². The number of nitrogen functional groups attached to an aromatic ring is 1. The molecule has 1 amide bonds.